The third-order valence-electron chi connectivity index (χ3n) is 5.94. The first kappa shape index (κ1) is 27.5. The number of hydrogen-bond acceptors (Lipinski definition) is 4. The maximum absolute atomic E-state index is 14.1. The van der Waals surface area contributed by atoms with Crippen LogP contribution in [0.25, 0.3) is 6.08 Å². The number of rotatable bonds is 6. The summed E-state index contributed by atoms with van der Waals surface area (Å²) in [4.78, 5) is 15.4. The highest BCUT2D eigenvalue weighted by Gasteiger charge is 2.30. The number of piperazine rings is 1. The number of hydrogen-bond donors (Lipinski definition) is 1. The molecule has 4 rings (SSSR count). The molecule has 12 heteroatoms. The maximum Gasteiger partial charge on any atom is 0.248 e. The van der Waals surface area contributed by atoms with Gasteiger partial charge in [0.15, 0.2) is 23.3 Å². The van der Waals surface area contributed by atoms with Crippen LogP contribution in [0.1, 0.15) is 5.56 Å². The van der Waals surface area contributed by atoms with E-state index >= 15 is 0 Å². The number of nitrogens with one attached hydrogen (secondary N) is 1. The molecule has 0 bridgehead atoms. The van der Waals surface area contributed by atoms with Gasteiger partial charge in [0.1, 0.15) is 11.4 Å². The Morgan fingerprint density at radius 2 is 1.42 bits per heavy atom. The molecule has 1 N–H and O–H groups in total. The minimum atomic E-state index is -2.18. The average molecular weight is 572 g/mol. The van der Waals surface area contributed by atoms with Crippen LogP contribution in [0.4, 0.5) is 39.0 Å². The zero-order chi connectivity index (χ0) is 27.6. The van der Waals surface area contributed by atoms with Crippen LogP contribution < -0.4 is 19.9 Å². The van der Waals surface area contributed by atoms with Gasteiger partial charge in [-0.2, -0.15) is 0 Å². The molecule has 0 spiro atoms. The average Bonchev–Trinajstić information content (AvgIpc) is 2.90. The molecule has 0 aliphatic carbocycles. The lowest BCUT2D eigenvalue weighted by Crippen LogP contribution is -2.47. The molecule has 0 unspecified atom stereocenters. The second-order valence-corrected chi connectivity index (χ2v) is 9.12. The summed E-state index contributed by atoms with van der Waals surface area (Å²) in [7, 11) is 1.45. The Labute approximate surface area is 225 Å². The van der Waals surface area contributed by atoms with E-state index in [1.807, 2.05) is 4.90 Å². The first-order valence-electron chi connectivity index (χ1n) is 11.2. The van der Waals surface area contributed by atoms with Gasteiger partial charge < -0.3 is 19.9 Å². The van der Waals surface area contributed by atoms with Crippen molar-refractivity contribution in [3.05, 3.63) is 87.2 Å². The van der Waals surface area contributed by atoms with Gasteiger partial charge in [-0.05, 0) is 42.5 Å². The summed E-state index contributed by atoms with van der Waals surface area (Å²) >= 11 is 12.1. The summed E-state index contributed by atoms with van der Waals surface area (Å²) in [6, 6.07) is 9.97. The molecule has 5 nitrogen and oxygen atoms in total. The van der Waals surface area contributed by atoms with Crippen molar-refractivity contribution in [2.24, 2.45) is 0 Å². The number of halogens is 7. The summed E-state index contributed by atoms with van der Waals surface area (Å²) in [6.07, 6.45) is 2.82. The predicted molar refractivity (Wildman–Crippen MR) is 138 cm³/mol. The molecule has 1 saturated heterocycles. The van der Waals surface area contributed by atoms with Crippen LogP contribution in [0.15, 0.2) is 42.5 Å². The molecule has 1 aliphatic rings. The summed E-state index contributed by atoms with van der Waals surface area (Å²) in [5, 5.41) is 3.42. The summed E-state index contributed by atoms with van der Waals surface area (Å²) in [5.74, 6) is -9.84. The highest BCUT2D eigenvalue weighted by Crippen LogP contribution is 2.33. The number of methoxy groups -OCH3 is 1. The smallest absolute Gasteiger partial charge is 0.248 e. The third-order valence-corrected chi connectivity index (χ3v) is 6.44. The second-order valence-electron chi connectivity index (χ2n) is 8.27. The Morgan fingerprint density at radius 3 is 2.00 bits per heavy atom. The fourth-order valence-corrected chi connectivity index (χ4v) is 4.67. The molecule has 0 atom stereocenters. The number of benzene rings is 3. The molecule has 1 amide bonds. The number of anilines is 3. The number of carbonyl (C=O) groups is 1. The number of nitrogens with zero attached hydrogens (tertiary/aromatic N) is 2. The van der Waals surface area contributed by atoms with Crippen LogP contribution in [0.5, 0.6) is 5.75 Å². The molecule has 1 aliphatic heterocycles. The monoisotopic (exact) mass is 571 g/mol. The highest BCUT2D eigenvalue weighted by atomic mass is 35.5. The Morgan fingerprint density at radius 1 is 0.868 bits per heavy atom. The SMILES string of the molecule is COc1c(Cl)cc(Cl)cc1C=CC(=O)Nc1ccc(N2CCN(c3c(F)c(F)c(F)c(F)c3F)CC2)cc1. The van der Waals surface area contributed by atoms with E-state index in [2.05, 4.69) is 5.32 Å². The molecule has 0 saturated carbocycles. The van der Waals surface area contributed by atoms with E-state index in [1.165, 1.54) is 25.3 Å². The topological polar surface area (TPSA) is 44.8 Å². The minimum absolute atomic E-state index is 0.0403. The fraction of sp³-hybridized carbons (Fsp3) is 0.192. The molecule has 1 fully saturated rings. The number of amides is 1. The van der Waals surface area contributed by atoms with Gasteiger partial charge in [0.05, 0.1) is 12.1 Å². The molecule has 0 radical (unpaired) electrons. The van der Waals surface area contributed by atoms with Gasteiger partial charge in [-0.15, -0.1) is 0 Å². The van der Waals surface area contributed by atoms with Crippen LogP contribution in [-0.4, -0.2) is 39.2 Å². The van der Waals surface area contributed by atoms with E-state index in [-0.39, 0.29) is 26.2 Å². The Kier molecular flexibility index (Phi) is 8.32. The van der Waals surface area contributed by atoms with Crippen LogP contribution in [-0.2, 0) is 4.79 Å². The lowest BCUT2D eigenvalue weighted by Gasteiger charge is -2.37. The van der Waals surface area contributed by atoms with Crippen molar-refractivity contribution in [1.29, 1.82) is 0 Å². The molecule has 3 aromatic rings. The molecule has 200 valence electrons. The second kappa shape index (κ2) is 11.5. The standard InChI is InChI=1S/C26H20Cl2F5N3O2/c1-38-26-14(12-15(27)13-18(26)28)2-7-19(37)34-16-3-5-17(6-4-16)35-8-10-36(11-9-35)25-23(32)21(30)20(29)22(31)24(25)33/h2-7,12-13H,8-11H2,1H3,(H,34,37). The van der Waals surface area contributed by atoms with E-state index < -0.39 is 40.7 Å². The molecular weight excluding hydrogens is 552 g/mol. The van der Waals surface area contributed by atoms with Crippen LogP contribution >= 0.6 is 23.2 Å². The van der Waals surface area contributed by atoms with Gasteiger partial charge in [0.2, 0.25) is 11.7 Å². The molecule has 1 heterocycles. The van der Waals surface area contributed by atoms with Gasteiger partial charge >= 0.3 is 0 Å². The Hall–Kier alpha value is -3.50. The van der Waals surface area contributed by atoms with Gasteiger partial charge in [0, 0.05) is 54.2 Å². The first-order chi connectivity index (χ1) is 18.1. The Balaban J connectivity index is 1.38. The summed E-state index contributed by atoms with van der Waals surface area (Å²) in [6.45, 7) is 0.632. The van der Waals surface area contributed by atoms with Crippen molar-refractivity contribution in [3.63, 3.8) is 0 Å². The molecule has 3 aromatic carbocycles. The number of carbonyl (C=O) groups excluding carboxylic acids is 1. The van der Waals surface area contributed by atoms with E-state index in [4.69, 9.17) is 27.9 Å². The maximum atomic E-state index is 14.1. The van der Waals surface area contributed by atoms with Gasteiger partial charge in [-0.25, -0.2) is 22.0 Å². The quantitative estimate of drug-likeness (QED) is 0.155. The van der Waals surface area contributed by atoms with E-state index in [9.17, 15) is 26.7 Å². The fourth-order valence-electron chi connectivity index (χ4n) is 4.08. The molecule has 0 aromatic heterocycles. The van der Waals surface area contributed by atoms with Crippen LogP contribution in [0.2, 0.25) is 10.0 Å². The minimum Gasteiger partial charge on any atom is -0.495 e. The summed E-state index contributed by atoms with van der Waals surface area (Å²) in [5.41, 5.74) is 0.874. The van der Waals surface area contributed by atoms with Crippen molar-refractivity contribution in [1.82, 2.24) is 0 Å². The normalized spacial score (nSPS) is 13.8. The van der Waals surface area contributed by atoms with Crippen molar-refractivity contribution in [3.8, 4) is 5.75 Å². The first-order valence-corrected chi connectivity index (χ1v) is 12.0. The van der Waals surface area contributed by atoms with Crippen molar-refractivity contribution >= 4 is 52.2 Å². The lowest BCUT2D eigenvalue weighted by molar-refractivity contribution is -0.111. The summed E-state index contributed by atoms with van der Waals surface area (Å²) < 4.78 is 74.0. The lowest BCUT2D eigenvalue weighted by atomic mass is 10.1. The van der Waals surface area contributed by atoms with Crippen molar-refractivity contribution < 1.29 is 31.5 Å². The molecular formula is C26H20Cl2F5N3O2. The van der Waals surface area contributed by atoms with Gasteiger partial charge in [0.25, 0.3) is 0 Å². The molecule has 38 heavy (non-hydrogen) atoms. The zero-order valence-corrected chi connectivity index (χ0v) is 21.3. The van der Waals surface area contributed by atoms with E-state index in [0.717, 1.165) is 10.6 Å². The van der Waals surface area contributed by atoms with Crippen LogP contribution in [0, 0.1) is 29.1 Å². The highest BCUT2D eigenvalue weighted by molar-refractivity contribution is 6.36. The predicted octanol–water partition coefficient (Wildman–Crippen LogP) is 6.68. The Bertz CT molecular complexity index is 1370. The largest absolute Gasteiger partial charge is 0.495 e. The van der Waals surface area contributed by atoms with Crippen LogP contribution in [0.3, 0.4) is 0 Å². The van der Waals surface area contributed by atoms with Crippen molar-refractivity contribution in [2.75, 3.05) is 48.4 Å². The van der Waals surface area contributed by atoms with E-state index in [1.54, 1.807) is 30.3 Å². The van der Waals surface area contributed by atoms with E-state index in [0.29, 0.717) is 27.0 Å². The van der Waals surface area contributed by atoms with Gasteiger partial charge in [-0.3, -0.25) is 4.79 Å². The third kappa shape index (κ3) is 5.66. The van der Waals surface area contributed by atoms with Gasteiger partial charge in [-0.1, -0.05) is 23.2 Å². The van der Waals surface area contributed by atoms with Crippen molar-refractivity contribution in [2.45, 2.75) is 0 Å². The zero-order valence-electron chi connectivity index (χ0n) is 19.8. The number of ether oxygens (including phenoxy) is 1.